The molecule has 1 aliphatic carbocycles. The molecule has 0 N–H and O–H groups in total. The van der Waals surface area contributed by atoms with Gasteiger partial charge in [-0.2, -0.15) is 5.26 Å². The summed E-state index contributed by atoms with van der Waals surface area (Å²) in [7, 11) is 0. The number of anilines is 1. The SMILES string of the molecule is CCN(c1cc(C#N)cc(Cl)n1)C1CCCC1. The van der Waals surface area contributed by atoms with Crippen molar-refractivity contribution in [2.24, 2.45) is 0 Å². The summed E-state index contributed by atoms with van der Waals surface area (Å²) in [6.07, 6.45) is 4.99. The van der Waals surface area contributed by atoms with Crippen LogP contribution in [0.15, 0.2) is 12.1 Å². The van der Waals surface area contributed by atoms with Crippen LogP contribution in [0.25, 0.3) is 0 Å². The normalized spacial score (nSPS) is 15.8. The van der Waals surface area contributed by atoms with E-state index < -0.39 is 0 Å². The van der Waals surface area contributed by atoms with Gasteiger partial charge in [-0.1, -0.05) is 24.4 Å². The smallest absolute Gasteiger partial charge is 0.132 e. The predicted octanol–water partition coefficient (Wildman–Crippen LogP) is 3.38. The molecule has 1 aromatic heterocycles. The van der Waals surface area contributed by atoms with Crippen LogP contribution in [0.3, 0.4) is 0 Å². The summed E-state index contributed by atoms with van der Waals surface area (Å²) in [4.78, 5) is 6.60. The second-order valence-corrected chi connectivity index (χ2v) is 4.76. The Bertz CT molecular complexity index is 433. The van der Waals surface area contributed by atoms with E-state index in [1.165, 1.54) is 25.7 Å². The highest BCUT2D eigenvalue weighted by Crippen LogP contribution is 2.28. The van der Waals surface area contributed by atoms with Gasteiger partial charge < -0.3 is 4.90 Å². The molecule has 0 radical (unpaired) electrons. The first kappa shape index (κ1) is 12.2. The second kappa shape index (κ2) is 5.37. The lowest BCUT2D eigenvalue weighted by molar-refractivity contribution is 0.613. The summed E-state index contributed by atoms with van der Waals surface area (Å²) in [5.41, 5.74) is 0.580. The molecule has 1 fully saturated rings. The van der Waals surface area contributed by atoms with E-state index in [-0.39, 0.29) is 0 Å². The maximum absolute atomic E-state index is 8.95. The van der Waals surface area contributed by atoms with Crippen LogP contribution in [0.1, 0.15) is 38.2 Å². The first-order chi connectivity index (χ1) is 8.24. The molecule has 3 nitrogen and oxygen atoms in total. The summed E-state index contributed by atoms with van der Waals surface area (Å²) in [6, 6.07) is 6.11. The third-order valence-electron chi connectivity index (χ3n) is 3.31. The summed E-state index contributed by atoms with van der Waals surface area (Å²) < 4.78 is 0. The number of halogens is 1. The Morgan fingerprint density at radius 1 is 1.47 bits per heavy atom. The lowest BCUT2D eigenvalue weighted by atomic mass is 10.2. The third kappa shape index (κ3) is 2.70. The summed E-state index contributed by atoms with van der Waals surface area (Å²) in [5.74, 6) is 0.837. The molecule has 0 atom stereocenters. The van der Waals surface area contributed by atoms with Crippen LogP contribution in [-0.4, -0.2) is 17.6 Å². The molecule has 0 unspecified atom stereocenters. The Balaban J connectivity index is 2.30. The quantitative estimate of drug-likeness (QED) is 0.771. The second-order valence-electron chi connectivity index (χ2n) is 4.37. The van der Waals surface area contributed by atoms with Crippen molar-refractivity contribution in [1.82, 2.24) is 4.98 Å². The molecular weight excluding hydrogens is 234 g/mol. The van der Waals surface area contributed by atoms with Crippen LogP contribution in [0.4, 0.5) is 5.82 Å². The minimum Gasteiger partial charge on any atom is -0.354 e. The molecule has 0 amide bonds. The fourth-order valence-electron chi connectivity index (χ4n) is 2.52. The highest BCUT2D eigenvalue weighted by Gasteiger charge is 2.22. The minimum absolute atomic E-state index is 0.399. The van der Waals surface area contributed by atoms with E-state index in [4.69, 9.17) is 16.9 Å². The van der Waals surface area contributed by atoms with E-state index in [2.05, 4.69) is 22.9 Å². The monoisotopic (exact) mass is 249 g/mol. The van der Waals surface area contributed by atoms with Gasteiger partial charge in [-0.3, -0.25) is 0 Å². The van der Waals surface area contributed by atoms with Crippen LogP contribution in [-0.2, 0) is 0 Å². The van der Waals surface area contributed by atoms with E-state index >= 15 is 0 Å². The topological polar surface area (TPSA) is 39.9 Å². The van der Waals surface area contributed by atoms with E-state index in [1.54, 1.807) is 6.07 Å². The molecule has 0 spiro atoms. The Hall–Kier alpha value is -1.27. The van der Waals surface area contributed by atoms with Gasteiger partial charge in [-0.25, -0.2) is 4.98 Å². The third-order valence-corrected chi connectivity index (χ3v) is 3.50. The largest absolute Gasteiger partial charge is 0.354 e. The number of nitriles is 1. The van der Waals surface area contributed by atoms with Gasteiger partial charge in [0.2, 0.25) is 0 Å². The Morgan fingerprint density at radius 3 is 2.76 bits per heavy atom. The molecule has 1 heterocycles. The number of aromatic nitrogens is 1. The lowest BCUT2D eigenvalue weighted by Gasteiger charge is -2.28. The molecule has 90 valence electrons. The molecule has 2 rings (SSSR count). The first-order valence-electron chi connectivity index (χ1n) is 6.09. The molecule has 0 aliphatic heterocycles. The number of hydrogen-bond acceptors (Lipinski definition) is 3. The van der Waals surface area contributed by atoms with Gasteiger partial charge in [-0.15, -0.1) is 0 Å². The highest BCUT2D eigenvalue weighted by atomic mass is 35.5. The van der Waals surface area contributed by atoms with Crippen LogP contribution < -0.4 is 4.90 Å². The molecular formula is C13H16ClN3. The van der Waals surface area contributed by atoms with Crippen molar-refractivity contribution in [3.8, 4) is 6.07 Å². The zero-order chi connectivity index (χ0) is 12.3. The van der Waals surface area contributed by atoms with Gasteiger partial charge in [0.15, 0.2) is 0 Å². The van der Waals surface area contributed by atoms with E-state index in [0.29, 0.717) is 16.8 Å². The summed E-state index contributed by atoms with van der Waals surface area (Å²) in [5, 5.41) is 9.35. The van der Waals surface area contributed by atoms with Crippen molar-refractivity contribution in [1.29, 1.82) is 5.26 Å². The highest BCUT2D eigenvalue weighted by molar-refractivity contribution is 6.29. The fourth-order valence-corrected chi connectivity index (χ4v) is 2.72. The van der Waals surface area contributed by atoms with Crippen molar-refractivity contribution >= 4 is 17.4 Å². The summed E-state index contributed by atoms with van der Waals surface area (Å²) in [6.45, 7) is 3.02. The van der Waals surface area contributed by atoms with Crippen molar-refractivity contribution < 1.29 is 0 Å². The fraction of sp³-hybridized carbons (Fsp3) is 0.538. The van der Waals surface area contributed by atoms with Crippen molar-refractivity contribution in [3.63, 3.8) is 0 Å². The minimum atomic E-state index is 0.399. The number of pyridine rings is 1. The van der Waals surface area contributed by atoms with Crippen LogP contribution in [0.5, 0.6) is 0 Å². The van der Waals surface area contributed by atoms with Gasteiger partial charge in [0, 0.05) is 12.6 Å². The Kier molecular flexibility index (Phi) is 3.86. The molecule has 1 aliphatic rings. The Labute approximate surface area is 107 Å². The maximum Gasteiger partial charge on any atom is 0.132 e. The lowest BCUT2D eigenvalue weighted by Crippen LogP contribution is -2.33. The first-order valence-corrected chi connectivity index (χ1v) is 6.46. The van der Waals surface area contributed by atoms with Crippen LogP contribution in [0.2, 0.25) is 5.15 Å². The van der Waals surface area contributed by atoms with Gasteiger partial charge in [0.25, 0.3) is 0 Å². The van der Waals surface area contributed by atoms with Crippen LogP contribution in [0, 0.1) is 11.3 Å². The number of nitrogens with zero attached hydrogens (tertiary/aromatic N) is 3. The standard InChI is InChI=1S/C13H16ClN3/c1-2-17(11-5-3-4-6-11)13-8-10(9-15)7-12(14)16-13/h7-8,11H,2-6H2,1H3. The molecule has 1 saturated carbocycles. The van der Waals surface area contributed by atoms with E-state index in [1.807, 2.05) is 6.07 Å². The number of hydrogen-bond donors (Lipinski definition) is 0. The van der Waals surface area contributed by atoms with Crippen molar-refractivity contribution in [2.45, 2.75) is 38.6 Å². The van der Waals surface area contributed by atoms with Gasteiger partial charge in [0.05, 0.1) is 11.6 Å². The average molecular weight is 250 g/mol. The van der Waals surface area contributed by atoms with Gasteiger partial charge in [-0.05, 0) is 31.9 Å². The molecule has 4 heteroatoms. The molecule has 0 saturated heterocycles. The van der Waals surface area contributed by atoms with Crippen molar-refractivity contribution in [3.05, 3.63) is 22.8 Å². The molecule has 17 heavy (non-hydrogen) atoms. The Morgan fingerprint density at radius 2 is 2.18 bits per heavy atom. The maximum atomic E-state index is 8.95. The molecule has 0 bridgehead atoms. The van der Waals surface area contributed by atoms with Gasteiger partial charge in [0.1, 0.15) is 11.0 Å². The zero-order valence-corrected chi connectivity index (χ0v) is 10.7. The zero-order valence-electron chi connectivity index (χ0n) is 9.99. The van der Waals surface area contributed by atoms with Crippen molar-refractivity contribution in [2.75, 3.05) is 11.4 Å². The summed E-state index contributed by atoms with van der Waals surface area (Å²) >= 11 is 5.95. The molecule has 1 aromatic rings. The average Bonchev–Trinajstić information content (AvgIpc) is 2.83. The van der Waals surface area contributed by atoms with Crippen LogP contribution >= 0.6 is 11.6 Å². The van der Waals surface area contributed by atoms with Gasteiger partial charge >= 0.3 is 0 Å². The van der Waals surface area contributed by atoms with E-state index in [9.17, 15) is 0 Å². The number of rotatable bonds is 3. The van der Waals surface area contributed by atoms with E-state index in [0.717, 1.165) is 12.4 Å². The predicted molar refractivity (Wildman–Crippen MR) is 69.2 cm³/mol. The molecule has 0 aromatic carbocycles.